The minimum atomic E-state index is -0.438. The number of allylic oxidation sites excluding steroid dienone is 5. The molecule has 3 N–H and O–H groups in total. The summed E-state index contributed by atoms with van der Waals surface area (Å²) in [6.07, 6.45) is 11.9. The van der Waals surface area contributed by atoms with Gasteiger partial charge in [0.25, 0.3) is 0 Å². The van der Waals surface area contributed by atoms with E-state index in [2.05, 4.69) is 56.3 Å². The molecule has 0 unspecified atom stereocenters. The van der Waals surface area contributed by atoms with Crippen LogP contribution in [0.2, 0.25) is 0 Å². The standard InChI is InChI=1S/C28H34N8O2/c1-5-7-10-21(6-2)26-33-25(29)24-27(34-26)35(17-32-24)13-8-9-14-38-28(37)30-16-20-11-12-22-23(15-20)36(18-31-22)19(3)4/h5-7,10-12,15,17-19H,1,8-9,13-14,16H2,2-4H3,(H,30,37)(H2,29,33,34)/b10-7-,21-6+. The van der Waals surface area contributed by atoms with Crippen molar-refractivity contribution in [1.29, 1.82) is 0 Å². The average molecular weight is 515 g/mol. The number of nitrogens with one attached hydrogen (secondary N) is 1. The van der Waals surface area contributed by atoms with Gasteiger partial charge >= 0.3 is 6.09 Å². The number of unbranched alkanes of at least 4 members (excludes halogenated alkanes) is 1. The van der Waals surface area contributed by atoms with E-state index in [0.29, 0.717) is 55.0 Å². The predicted octanol–water partition coefficient (Wildman–Crippen LogP) is 5.19. The van der Waals surface area contributed by atoms with E-state index >= 15 is 0 Å². The SMILES string of the molecule is C=C/C=C\C(=C/C)c1nc(N)c2ncn(CCCCOC(=O)NCc3ccc4ncn(C(C)C)c4c3)c2n1. The molecule has 0 aliphatic rings. The van der Waals surface area contributed by atoms with Crippen molar-refractivity contribution in [2.24, 2.45) is 0 Å². The maximum absolute atomic E-state index is 12.2. The fourth-order valence-electron chi connectivity index (χ4n) is 4.10. The number of carbonyl (C=O) groups excluding carboxylic acids is 1. The smallest absolute Gasteiger partial charge is 0.407 e. The molecule has 4 aromatic rings. The van der Waals surface area contributed by atoms with Crippen LogP contribution in [0.5, 0.6) is 0 Å². The van der Waals surface area contributed by atoms with Crippen LogP contribution in [0, 0.1) is 0 Å². The third kappa shape index (κ3) is 6.08. The van der Waals surface area contributed by atoms with Gasteiger partial charge in [-0.1, -0.05) is 36.9 Å². The highest BCUT2D eigenvalue weighted by atomic mass is 16.5. The number of nitrogens with two attached hydrogens (primary N) is 1. The van der Waals surface area contributed by atoms with E-state index in [1.165, 1.54) is 0 Å². The second-order valence-corrected chi connectivity index (χ2v) is 9.15. The molecule has 38 heavy (non-hydrogen) atoms. The molecule has 4 rings (SSSR count). The van der Waals surface area contributed by atoms with Crippen molar-refractivity contribution in [2.45, 2.75) is 52.7 Å². The molecular formula is C28H34N8O2. The third-order valence-electron chi connectivity index (χ3n) is 6.13. The summed E-state index contributed by atoms with van der Waals surface area (Å²) in [5, 5.41) is 2.82. The number of imidazole rings is 2. The highest BCUT2D eigenvalue weighted by molar-refractivity contribution is 5.84. The monoisotopic (exact) mass is 514 g/mol. The number of amides is 1. The highest BCUT2D eigenvalue weighted by Crippen LogP contribution is 2.21. The zero-order chi connectivity index (χ0) is 27.1. The van der Waals surface area contributed by atoms with E-state index in [1.807, 2.05) is 48.2 Å². The van der Waals surface area contributed by atoms with Crippen molar-refractivity contribution in [3.63, 3.8) is 0 Å². The summed E-state index contributed by atoms with van der Waals surface area (Å²) in [7, 11) is 0. The number of hydrogen-bond acceptors (Lipinski definition) is 7. The Hall–Kier alpha value is -4.47. The Bertz CT molecular complexity index is 1500. The molecule has 0 saturated carbocycles. The van der Waals surface area contributed by atoms with Crippen LogP contribution >= 0.6 is 0 Å². The predicted molar refractivity (Wildman–Crippen MR) is 150 cm³/mol. The van der Waals surface area contributed by atoms with E-state index in [1.54, 1.807) is 12.4 Å². The quantitative estimate of drug-likeness (QED) is 0.208. The van der Waals surface area contributed by atoms with Gasteiger partial charge in [-0.25, -0.2) is 24.7 Å². The van der Waals surface area contributed by atoms with Crippen LogP contribution in [0.15, 0.2) is 61.7 Å². The molecule has 10 heteroatoms. The fraction of sp³-hybridized carbons (Fsp3) is 0.321. The maximum atomic E-state index is 12.2. The van der Waals surface area contributed by atoms with Gasteiger partial charge in [-0.3, -0.25) is 0 Å². The summed E-state index contributed by atoms with van der Waals surface area (Å²) in [6.45, 7) is 11.2. The molecule has 0 aliphatic carbocycles. The van der Waals surface area contributed by atoms with E-state index in [0.717, 1.165) is 28.6 Å². The van der Waals surface area contributed by atoms with Gasteiger partial charge in [0, 0.05) is 24.7 Å². The van der Waals surface area contributed by atoms with Gasteiger partial charge in [0.2, 0.25) is 0 Å². The molecule has 0 saturated heterocycles. The second kappa shape index (κ2) is 12.2. The molecule has 1 aromatic carbocycles. The minimum Gasteiger partial charge on any atom is -0.450 e. The van der Waals surface area contributed by atoms with Crippen molar-refractivity contribution in [2.75, 3.05) is 12.3 Å². The van der Waals surface area contributed by atoms with Crippen LogP contribution in [-0.2, 0) is 17.8 Å². The lowest BCUT2D eigenvalue weighted by molar-refractivity contribution is 0.143. The number of benzene rings is 1. The normalized spacial score (nSPS) is 12.2. The Morgan fingerprint density at radius 1 is 1.21 bits per heavy atom. The van der Waals surface area contributed by atoms with Crippen molar-refractivity contribution >= 4 is 39.7 Å². The van der Waals surface area contributed by atoms with Crippen LogP contribution in [0.1, 0.15) is 51.0 Å². The zero-order valence-electron chi connectivity index (χ0n) is 22.1. The van der Waals surface area contributed by atoms with Crippen LogP contribution in [0.4, 0.5) is 10.6 Å². The van der Waals surface area contributed by atoms with Gasteiger partial charge in [-0.15, -0.1) is 0 Å². The minimum absolute atomic E-state index is 0.311. The topological polar surface area (TPSA) is 126 Å². The Morgan fingerprint density at radius 2 is 2.05 bits per heavy atom. The van der Waals surface area contributed by atoms with Crippen molar-refractivity contribution in [1.82, 2.24) is 34.4 Å². The van der Waals surface area contributed by atoms with Crippen LogP contribution in [0.25, 0.3) is 27.8 Å². The molecule has 0 fully saturated rings. The van der Waals surface area contributed by atoms with E-state index in [4.69, 9.17) is 10.5 Å². The number of alkyl carbamates (subject to hydrolysis) is 1. The number of aryl methyl sites for hydroxylation is 1. The molecule has 0 aliphatic heterocycles. The first kappa shape index (κ1) is 26.6. The van der Waals surface area contributed by atoms with Gasteiger partial charge in [-0.05, 0) is 51.3 Å². The van der Waals surface area contributed by atoms with Crippen LogP contribution in [0.3, 0.4) is 0 Å². The van der Waals surface area contributed by atoms with Gasteiger partial charge in [0.1, 0.15) is 5.52 Å². The summed E-state index contributed by atoms with van der Waals surface area (Å²) >= 11 is 0. The van der Waals surface area contributed by atoms with Gasteiger partial charge < -0.3 is 24.9 Å². The third-order valence-corrected chi connectivity index (χ3v) is 6.13. The first-order valence-electron chi connectivity index (χ1n) is 12.7. The molecule has 198 valence electrons. The summed E-state index contributed by atoms with van der Waals surface area (Å²) in [5.74, 6) is 0.869. The van der Waals surface area contributed by atoms with Crippen molar-refractivity contribution in [3.8, 4) is 0 Å². The van der Waals surface area contributed by atoms with Gasteiger partial charge in [0.15, 0.2) is 17.3 Å². The molecule has 1 amide bonds. The fourth-order valence-corrected chi connectivity index (χ4v) is 4.10. The van der Waals surface area contributed by atoms with Crippen LogP contribution in [-0.4, -0.2) is 41.8 Å². The highest BCUT2D eigenvalue weighted by Gasteiger charge is 2.13. The lowest BCUT2D eigenvalue weighted by Crippen LogP contribution is -2.24. The Morgan fingerprint density at radius 3 is 2.82 bits per heavy atom. The number of nitrogen functional groups attached to an aromatic ring is 1. The number of anilines is 1. The summed E-state index contributed by atoms with van der Waals surface area (Å²) in [5.41, 5.74) is 11.2. The number of carbonyl (C=O) groups is 1. The summed E-state index contributed by atoms with van der Waals surface area (Å²) < 4.78 is 9.42. The summed E-state index contributed by atoms with van der Waals surface area (Å²) in [6, 6.07) is 6.29. The molecule has 0 spiro atoms. The number of ether oxygens (including phenoxy) is 1. The number of fused-ring (bicyclic) bond motifs is 2. The molecule has 0 radical (unpaired) electrons. The Kier molecular flexibility index (Phi) is 8.52. The van der Waals surface area contributed by atoms with E-state index in [9.17, 15) is 4.79 Å². The Balaban J connectivity index is 1.27. The maximum Gasteiger partial charge on any atom is 0.407 e. The van der Waals surface area contributed by atoms with Gasteiger partial charge in [-0.2, -0.15) is 0 Å². The zero-order valence-corrected chi connectivity index (χ0v) is 22.1. The number of nitrogens with zero attached hydrogens (tertiary/aromatic N) is 6. The van der Waals surface area contributed by atoms with E-state index < -0.39 is 6.09 Å². The number of aromatic nitrogens is 6. The second-order valence-electron chi connectivity index (χ2n) is 9.15. The molecular weight excluding hydrogens is 480 g/mol. The first-order valence-corrected chi connectivity index (χ1v) is 12.7. The molecule has 10 nitrogen and oxygen atoms in total. The first-order chi connectivity index (χ1) is 18.4. The lowest BCUT2D eigenvalue weighted by atomic mass is 10.2. The average Bonchev–Trinajstić information content (AvgIpc) is 3.52. The van der Waals surface area contributed by atoms with E-state index in [-0.39, 0.29) is 0 Å². The van der Waals surface area contributed by atoms with Crippen molar-refractivity contribution in [3.05, 3.63) is 73.1 Å². The molecule has 0 atom stereocenters. The number of hydrogen-bond donors (Lipinski definition) is 2. The largest absolute Gasteiger partial charge is 0.450 e. The summed E-state index contributed by atoms with van der Waals surface area (Å²) in [4.78, 5) is 30.1. The number of rotatable bonds is 11. The van der Waals surface area contributed by atoms with Crippen LogP contribution < -0.4 is 11.1 Å². The van der Waals surface area contributed by atoms with Crippen molar-refractivity contribution < 1.29 is 9.53 Å². The molecule has 0 bridgehead atoms. The molecule has 3 aromatic heterocycles. The van der Waals surface area contributed by atoms with Gasteiger partial charge in [0.05, 0.1) is 30.3 Å². The molecule has 3 heterocycles. The lowest BCUT2D eigenvalue weighted by Gasteiger charge is -2.10. The Labute approximate surface area is 222 Å².